The van der Waals surface area contributed by atoms with Crippen LogP contribution in [0.5, 0.6) is 0 Å². The van der Waals surface area contributed by atoms with E-state index in [1.165, 1.54) is 0 Å². The number of carbonyl (C=O) groups excluding carboxylic acids is 1. The standard InChI is InChI=1S/C14H23NO4/c1-14(2,19-3)7-11(16)15-8-9-5-4-6-10(9)12(15)13(17)18/h9-10,12H,4-8H2,1-3H3,(H,17,18). The number of carboxylic acids is 1. The van der Waals surface area contributed by atoms with Gasteiger partial charge in [-0.1, -0.05) is 6.42 Å². The molecule has 0 aromatic rings. The van der Waals surface area contributed by atoms with E-state index in [4.69, 9.17) is 4.74 Å². The van der Waals surface area contributed by atoms with Crippen molar-refractivity contribution in [1.82, 2.24) is 4.90 Å². The van der Waals surface area contributed by atoms with Crippen LogP contribution in [0, 0.1) is 11.8 Å². The first-order chi connectivity index (χ1) is 8.85. The van der Waals surface area contributed by atoms with Crippen LogP contribution in [0.15, 0.2) is 0 Å². The summed E-state index contributed by atoms with van der Waals surface area (Å²) in [5.41, 5.74) is -0.544. The number of likely N-dealkylation sites (tertiary alicyclic amines) is 1. The van der Waals surface area contributed by atoms with E-state index >= 15 is 0 Å². The first-order valence-corrected chi connectivity index (χ1v) is 6.93. The molecule has 0 spiro atoms. The van der Waals surface area contributed by atoms with Gasteiger partial charge in [0.05, 0.1) is 12.0 Å². The number of methoxy groups -OCH3 is 1. The van der Waals surface area contributed by atoms with E-state index in [0.717, 1.165) is 19.3 Å². The van der Waals surface area contributed by atoms with E-state index in [1.54, 1.807) is 12.0 Å². The number of aliphatic carboxylic acids is 1. The Morgan fingerprint density at radius 3 is 2.63 bits per heavy atom. The van der Waals surface area contributed by atoms with Crippen molar-refractivity contribution in [2.45, 2.75) is 51.2 Å². The molecule has 2 fully saturated rings. The highest BCUT2D eigenvalue weighted by molar-refractivity contribution is 5.85. The molecule has 1 aliphatic carbocycles. The number of nitrogens with zero attached hydrogens (tertiary/aromatic N) is 1. The molecule has 3 unspecified atom stereocenters. The first-order valence-electron chi connectivity index (χ1n) is 6.93. The van der Waals surface area contributed by atoms with E-state index in [1.807, 2.05) is 13.8 Å². The van der Waals surface area contributed by atoms with E-state index in [0.29, 0.717) is 12.5 Å². The molecule has 0 aromatic heterocycles. The summed E-state index contributed by atoms with van der Waals surface area (Å²) in [6.07, 6.45) is 3.29. The third-order valence-electron chi connectivity index (χ3n) is 4.59. The van der Waals surface area contributed by atoms with Crippen molar-refractivity contribution < 1.29 is 19.4 Å². The molecule has 19 heavy (non-hydrogen) atoms. The van der Waals surface area contributed by atoms with Gasteiger partial charge in [0.25, 0.3) is 0 Å². The number of carbonyl (C=O) groups is 2. The van der Waals surface area contributed by atoms with Crippen LogP contribution in [-0.4, -0.2) is 47.2 Å². The second-order valence-electron chi connectivity index (χ2n) is 6.32. The van der Waals surface area contributed by atoms with Crippen LogP contribution in [0.25, 0.3) is 0 Å². The van der Waals surface area contributed by atoms with Gasteiger partial charge >= 0.3 is 5.97 Å². The first kappa shape index (κ1) is 14.3. The van der Waals surface area contributed by atoms with Gasteiger partial charge in [-0.05, 0) is 38.5 Å². The number of hydrogen-bond donors (Lipinski definition) is 1. The maximum absolute atomic E-state index is 12.3. The Labute approximate surface area is 113 Å². The predicted molar refractivity (Wildman–Crippen MR) is 69.7 cm³/mol. The van der Waals surface area contributed by atoms with Crippen molar-refractivity contribution in [3.63, 3.8) is 0 Å². The maximum Gasteiger partial charge on any atom is 0.326 e. The van der Waals surface area contributed by atoms with Crippen molar-refractivity contribution in [3.05, 3.63) is 0 Å². The van der Waals surface area contributed by atoms with E-state index in [2.05, 4.69) is 0 Å². The van der Waals surface area contributed by atoms with Crippen LogP contribution < -0.4 is 0 Å². The zero-order valence-corrected chi connectivity index (χ0v) is 11.9. The second kappa shape index (κ2) is 5.12. The number of fused-ring (bicyclic) bond motifs is 1. The lowest BCUT2D eigenvalue weighted by atomic mass is 9.94. The molecule has 1 heterocycles. The molecule has 2 rings (SSSR count). The van der Waals surface area contributed by atoms with Crippen molar-refractivity contribution in [2.24, 2.45) is 11.8 Å². The van der Waals surface area contributed by atoms with Gasteiger partial charge in [0.15, 0.2) is 0 Å². The minimum Gasteiger partial charge on any atom is -0.480 e. The highest BCUT2D eigenvalue weighted by atomic mass is 16.5. The monoisotopic (exact) mass is 269 g/mol. The number of amides is 1. The number of rotatable bonds is 4. The summed E-state index contributed by atoms with van der Waals surface area (Å²) < 4.78 is 5.26. The Hall–Kier alpha value is -1.10. The number of ether oxygens (including phenoxy) is 1. The molecule has 1 amide bonds. The van der Waals surface area contributed by atoms with Crippen LogP contribution in [-0.2, 0) is 14.3 Å². The van der Waals surface area contributed by atoms with E-state index < -0.39 is 17.6 Å². The van der Waals surface area contributed by atoms with Crippen LogP contribution >= 0.6 is 0 Å². The van der Waals surface area contributed by atoms with Gasteiger partial charge in [-0.3, -0.25) is 4.79 Å². The second-order valence-corrected chi connectivity index (χ2v) is 6.32. The number of hydrogen-bond acceptors (Lipinski definition) is 3. The van der Waals surface area contributed by atoms with Crippen LogP contribution in [0.1, 0.15) is 39.5 Å². The van der Waals surface area contributed by atoms with E-state index in [-0.39, 0.29) is 18.2 Å². The fraction of sp³-hybridized carbons (Fsp3) is 0.857. The summed E-state index contributed by atoms with van der Waals surface area (Å²) in [6.45, 7) is 4.29. The SMILES string of the molecule is COC(C)(C)CC(=O)N1CC2CCCC2C1C(=O)O. The Bertz CT molecular complexity index is 380. The van der Waals surface area contributed by atoms with Crippen molar-refractivity contribution in [3.8, 4) is 0 Å². The summed E-state index contributed by atoms with van der Waals surface area (Å²) in [7, 11) is 1.57. The maximum atomic E-state index is 12.3. The van der Waals surface area contributed by atoms with E-state index in [9.17, 15) is 14.7 Å². The summed E-state index contributed by atoms with van der Waals surface area (Å²) in [5, 5.41) is 9.41. The molecule has 108 valence electrons. The Morgan fingerprint density at radius 2 is 2.05 bits per heavy atom. The molecule has 3 atom stereocenters. The molecule has 1 aliphatic heterocycles. The van der Waals surface area contributed by atoms with Crippen molar-refractivity contribution >= 4 is 11.9 Å². The van der Waals surface area contributed by atoms with Gasteiger partial charge in [0, 0.05) is 13.7 Å². The molecule has 1 saturated carbocycles. The third kappa shape index (κ3) is 2.76. The molecule has 1 saturated heterocycles. The third-order valence-corrected chi connectivity index (χ3v) is 4.59. The molecule has 0 radical (unpaired) electrons. The molecule has 5 nitrogen and oxygen atoms in total. The Balaban J connectivity index is 2.11. The lowest BCUT2D eigenvalue weighted by Crippen LogP contribution is -2.45. The highest BCUT2D eigenvalue weighted by Crippen LogP contribution is 2.42. The van der Waals surface area contributed by atoms with Gasteiger partial charge in [-0.25, -0.2) is 4.79 Å². The average Bonchev–Trinajstić information content (AvgIpc) is 2.86. The lowest BCUT2D eigenvalue weighted by molar-refractivity contribution is -0.151. The fourth-order valence-electron chi connectivity index (χ4n) is 3.42. The topological polar surface area (TPSA) is 66.8 Å². The van der Waals surface area contributed by atoms with Gasteiger partial charge in [0.1, 0.15) is 6.04 Å². The Morgan fingerprint density at radius 1 is 1.37 bits per heavy atom. The van der Waals surface area contributed by atoms with Crippen LogP contribution in [0.4, 0.5) is 0 Å². The van der Waals surface area contributed by atoms with Gasteiger partial charge in [0.2, 0.25) is 5.91 Å². The highest BCUT2D eigenvalue weighted by Gasteiger charge is 2.49. The molecule has 0 bridgehead atoms. The quantitative estimate of drug-likeness (QED) is 0.840. The van der Waals surface area contributed by atoms with Crippen molar-refractivity contribution in [2.75, 3.05) is 13.7 Å². The predicted octanol–water partition coefficient (Wildman–Crippen LogP) is 1.51. The Kier molecular flexibility index (Phi) is 3.85. The molecular weight excluding hydrogens is 246 g/mol. The molecule has 1 N–H and O–H groups in total. The normalized spacial score (nSPS) is 30.5. The average molecular weight is 269 g/mol. The largest absolute Gasteiger partial charge is 0.480 e. The molecule has 5 heteroatoms. The van der Waals surface area contributed by atoms with Crippen LogP contribution in [0.3, 0.4) is 0 Å². The smallest absolute Gasteiger partial charge is 0.326 e. The fourth-order valence-corrected chi connectivity index (χ4v) is 3.42. The zero-order valence-electron chi connectivity index (χ0n) is 11.9. The summed E-state index contributed by atoms with van der Waals surface area (Å²) in [6, 6.07) is -0.632. The summed E-state index contributed by atoms with van der Waals surface area (Å²) in [5.74, 6) is -0.450. The van der Waals surface area contributed by atoms with Gasteiger partial charge < -0.3 is 14.7 Å². The van der Waals surface area contributed by atoms with Gasteiger partial charge in [-0.2, -0.15) is 0 Å². The van der Waals surface area contributed by atoms with Crippen LogP contribution in [0.2, 0.25) is 0 Å². The minimum absolute atomic E-state index is 0.103. The summed E-state index contributed by atoms with van der Waals surface area (Å²) in [4.78, 5) is 25.4. The van der Waals surface area contributed by atoms with Crippen molar-refractivity contribution in [1.29, 1.82) is 0 Å². The van der Waals surface area contributed by atoms with Gasteiger partial charge in [-0.15, -0.1) is 0 Å². The molecule has 2 aliphatic rings. The number of carboxylic acid groups (broad SMARTS) is 1. The lowest BCUT2D eigenvalue weighted by Gasteiger charge is -2.29. The minimum atomic E-state index is -0.863. The summed E-state index contributed by atoms with van der Waals surface area (Å²) >= 11 is 0. The zero-order chi connectivity index (χ0) is 14.2. The molecular formula is C14H23NO4. The molecule has 0 aromatic carbocycles.